The summed E-state index contributed by atoms with van der Waals surface area (Å²) in [6, 6.07) is 26.3. The van der Waals surface area contributed by atoms with Crippen molar-refractivity contribution in [2.24, 2.45) is 0 Å². The van der Waals surface area contributed by atoms with Crippen LogP contribution < -0.4 is 0 Å². The summed E-state index contributed by atoms with van der Waals surface area (Å²) in [6.07, 6.45) is 0. The molecule has 0 bridgehead atoms. The van der Waals surface area contributed by atoms with Crippen LogP contribution in [0.5, 0.6) is 0 Å². The number of hydrogen-bond donors (Lipinski definition) is 0. The number of imide groups is 1. The van der Waals surface area contributed by atoms with Gasteiger partial charge in [0.15, 0.2) is 0 Å². The zero-order valence-corrected chi connectivity index (χ0v) is 18.4. The summed E-state index contributed by atoms with van der Waals surface area (Å²) in [6.45, 7) is 2.41. The number of nitrogens with zero attached hydrogens (tertiary/aromatic N) is 3. The molecule has 0 radical (unpaired) electrons. The van der Waals surface area contributed by atoms with Gasteiger partial charge >= 0.3 is 6.03 Å². The molecule has 0 aromatic heterocycles. The Morgan fingerprint density at radius 3 is 1.45 bits per heavy atom. The predicted octanol–water partition coefficient (Wildman–Crippen LogP) is 3.99. The van der Waals surface area contributed by atoms with Crippen molar-refractivity contribution in [1.82, 2.24) is 14.7 Å². The van der Waals surface area contributed by atoms with Gasteiger partial charge in [0, 0.05) is 13.1 Å². The lowest BCUT2D eigenvalue weighted by atomic mass is 10.1. The fourth-order valence-electron chi connectivity index (χ4n) is 4.83. The van der Waals surface area contributed by atoms with Gasteiger partial charge in [0.1, 0.15) is 12.1 Å². The summed E-state index contributed by atoms with van der Waals surface area (Å²) in [5.41, 5.74) is 2.72. The molecule has 33 heavy (non-hydrogen) atoms. The molecule has 4 amide bonds. The fourth-order valence-corrected chi connectivity index (χ4v) is 4.83. The Morgan fingerprint density at radius 1 is 0.636 bits per heavy atom. The van der Waals surface area contributed by atoms with Gasteiger partial charge in [-0.3, -0.25) is 14.5 Å². The van der Waals surface area contributed by atoms with E-state index in [4.69, 9.17) is 0 Å². The minimum atomic E-state index is -0.833. The Labute approximate surface area is 193 Å². The molecule has 0 spiro atoms. The maximum absolute atomic E-state index is 13.6. The molecular formula is C27H25N3O3. The van der Waals surface area contributed by atoms with Crippen LogP contribution in [0.3, 0.4) is 0 Å². The molecule has 2 fully saturated rings. The highest BCUT2D eigenvalue weighted by Crippen LogP contribution is 2.37. The second kappa shape index (κ2) is 8.54. The second-order valence-corrected chi connectivity index (χ2v) is 8.53. The van der Waals surface area contributed by atoms with Gasteiger partial charge in [0.25, 0.3) is 11.8 Å². The molecular weight excluding hydrogens is 414 g/mol. The normalized spacial score (nSPS) is 21.0. The van der Waals surface area contributed by atoms with Crippen molar-refractivity contribution in [3.05, 3.63) is 108 Å². The first kappa shape index (κ1) is 20.9. The van der Waals surface area contributed by atoms with Crippen LogP contribution in [0.2, 0.25) is 0 Å². The maximum atomic E-state index is 13.6. The molecule has 6 heteroatoms. The quantitative estimate of drug-likeness (QED) is 0.546. The first-order chi connectivity index (χ1) is 16.1. The standard InChI is InChI=1S/C27H25N3O3/c1-19(22-15-9-4-10-16-22)30-25(31)23-24(26(30)32)29(18-21-13-7-3-8-14-21)27(33)28(23)17-20-11-5-2-6-12-20/h2-16,19,23-24H,17-18H2,1H3. The number of urea groups is 1. The molecule has 6 nitrogen and oxygen atoms in total. The van der Waals surface area contributed by atoms with Crippen LogP contribution in [-0.4, -0.2) is 44.6 Å². The molecule has 3 atom stereocenters. The van der Waals surface area contributed by atoms with Crippen LogP contribution in [0.4, 0.5) is 4.79 Å². The number of likely N-dealkylation sites (tertiary alicyclic amines) is 1. The topological polar surface area (TPSA) is 60.9 Å². The maximum Gasteiger partial charge on any atom is 0.322 e. The van der Waals surface area contributed by atoms with Gasteiger partial charge in [-0.2, -0.15) is 0 Å². The fraction of sp³-hybridized carbons (Fsp3) is 0.222. The molecule has 2 saturated heterocycles. The van der Waals surface area contributed by atoms with Gasteiger partial charge in [-0.25, -0.2) is 4.79 Å². The molecule has 2 aliphatic rings. The molecule has 0 saturated carbocycles. The van der Waals surface area contributed by atoms with Crippen molar-refractivity contribution < 1.29 is 14.4 Å². The van der Waals surface area contributed by atoms with E-state index < -0.39 is 18.1 Å². The van der Waals surface area contributed by atoms with E-state index in [1.807, 2.05) is 97.9 Å². The van der Waals surface area contributed by atoms with Gasteiger partial charge in [0.2, 0.25) is 0 Å². The molecule has 0 aliphatic carbocycles. The van der Waals surface area contributed by atoms with Crippen LogP contribution >= 0.6 is 0 Å². The first-order valence-electron chi connectivity index (χ1n) is 11.1. The zero-order chi connectivity index (χ0) is 22.9. The van der Waals surface area contributed by atoms with E-state index in [1.165, 1.54) is 4.90 Å². The van der Waals surface area contributed by atoms with Crippen LogP contribution in [0.1, 0.15) is 29.7 Å². The molecule has 5 rings (SSSR count). The molecule has 3 aromatic rings. The van der Waals surface area contributed by atoms with Crippen LogP contribution in [0, 0.1) is 0 Å². The number of rotatable bonds is 6. The van der Waals surface area contributed by atoms with Crippen LogP contribution in [0.25, 0.3) is 0 Å². The smallest absolute Gasteiger partial charge is 0.306 e. The Hall–Kier alpha value is -3.93. The van der Waals surface area contributed by atoms with Crippen molar-refractivity contribution in [3.8, 4) is 0 Å². The van der Waals surface area contributed by atoms with E-state index >= 15 is 0 Å². The summed E-state index contributed by atoms with van der Waals surface area (Å²) >= 11 is 0. The number of carbonyl (C=O) groups excluding carboxylic acids is 3. The second-order valence-electron chi connectivity index (χ2n) is 8.53. The summed E-state index contributed by atoms with van der Waals surface area (Å²) in [5, 5.41) is 0. The third kappa shape index (κ3) is 3.67. The Kier molecular flexibility index (Phi) is 5.42. The number of amides is 4. The van der Waals surface area contributed by atoms with E-state index in [0.717, 1.165) is 16.7 Å². The van der Waals surface area contributed by atoms with Crippen LogP contribution in [0.15, 0.2) is 91.0 Å². The number of fused-ring (bicyclic) bond motifs is 1. The molecule has 0 N–H and O–H groups in total. The molecule has 2 aliphatic heterocycles. The van der Waals surface area contributed by atoms with Gasteiger partial charge in [0.05, 0.1) is 6.04 Å². The Bertz CT molecular complexity index is 1100. The summed E-state index contributed by atoms with van der Waals surface area (Å²) in [7, 11) is 0. The minimum absolute atomic E-state index is 0.276. The van der Waals surface area contributed by atoms with Crippen molar-refractivity contribution in [2.45, 2.75) is 38.1 Å². The van der Waals surface area contributed by atoms with E-state index in [2.05, 4.69) is 0 Å². The van der Waals surface area contributed by atoms with Gasteiger partial charge in [-0.15, -0.1) is 0 Å². The van der Waals surface area contributed by atoms with Crippen molar-refractivity contribution in [2.75, 3.05) is 0 Å². The van der Waals surface area contributed by atoms with E-state index in [0.29, 0.717) is 0 Å². The molecule has 166 valence electrons. The minimum Gasteiger partial charge on any atom is -0.306 e. The molecule has 3 aromatic carbocycles. The Balaban J connectivity index is 1.51. The average Bonchev–Trinajstić information content (AvgIpc) is 3.26. The van der Waals surface area contributed by atoms with Crippen molar-refractivity contribution in [3.63, 3.8) is 0 Å². The lowest BCUT2D eigenvalue weighted by Crippen LogP contribution is -2.44. The highest BCUT2D eigenvalue weighted by molar-refractivity contribution is 6.13. The molecule has 3 unspecified atom stereocenters. The highest BCUT2D eigenvalue weighted by atomic mass is 16.2. The Morgan fingerprint density at radius 2 is 1.03 bits per heavy atom. The summed E-state index contributed by atoms with van der Waals surface area (Å²) < 4.78 is 0. The molecule has 2 heterocycles. The third-order valence-electron chi connectivity index (χ3n) is 6.50. The van der Waals surface area contributed by atoms with E-state index in [9.17, 15) is 14.4 Å². The monoisotopic (exact) mass is 439 g/mol. The number of carbonyl (C=O) groups is 3. The first-order valence-corrected chi connectivity index (χ1v) is 11.1. The summed E-state index contributed by atoms with van der Waals surface area (Å²) in [4.78, 5) is 45.2. The SMILES string of the molecule is CC(c1ccccc1)N1C(=O)C2C(C1=O)N(Cc1ccccc1)C(=O)N2Cc1ccccc1. The van der Waals surface area contributed by atoms with Gasteiger partial charge in [-0.05, 0) is 23.6 Å². The lowest BCUT2D eigenvalue weighted by Gasteiger charge is -2.28. The van der Waals surface area contributed by atoms with E-state index in [-0.39, 0.29) is 30.9 Å². The third-order valence-corrected chi connectivity index (χ3v) is 6.50. The highest BCUT2D eigenvalue weighted by Gasteiger charge is 2.61. The van der Waals surface area contributed by atoms with Crippen molar-refractivity contribution >= 4 is 17.8 Å². The predicted molar refractivity (Wildman–Crippen MR) is 124 cm³/mol. The van der Waals surface area contributed by atoms with Gasteiger partial charge < -0.3 is 9.80 Å². The number of benzene rings is 3. The number of hydrogen-bond acceptors (Lipinski definition) is 3. The summed E-state index contributed by atoms with van der Waals surface area (Å²) in [5.74, 6) is -0.637. The largest absolute Gasteiger partial charge is 0.322 e. The van der Waals surface area contributed by atoms with Crippen LogP contribution in [-0.2, 0) is 22.7 Å². The van der Waals surface area contributed by atoms with E-state index in [1.54, 1.807) is 9.80 Å². The average molecular weight is 440 g/mol. The lowest BCUT2D eigenvalue weighted by molar-refractivity contribution is -0.143. The van der Waals surface area contributed by atoms with Gasteiger partial charge in [-0.1, -0.05) is 91.0 Å². The van der Waals surface area contributed by atoms with Crippen molar-refractivity contribution in [1.29, 1.82) is 0 Å². The zero-order valence-electron chi connectivity index (χ0n) is 18.4.